The molecule has 0 aliphatic carbocycles. The van der Waals surface area contributed by atoms with Crippen LogP contribution in [-0.4, -0.2) is 0 Å². The van der Waals surface area contributed by atoms with Crippen molar-refractivity contribution in [2.45, 2.75) is 6.92 Å². The summed E-state index contributed by atoms with van der Waals surface area (Å²) < 4.78 is 0. The first-order valence-corrected chi connectivity index (χ1v) is 9.77. The lowest BCUT2D eigenvalue weighted by Crippen LogP contribution is -1.83. The van der Waals surface area contributed by atoms with Crippen molar-refractivity contribution in [3.05, 3.63) is 121 Å². The molecule has 0 bridgehead atoms. The van der Waals surface area contributed by atoms with Gasteiger partial charge in [-0.15, -0.1) is 0 Å². The van der Waals surface area contributed by atoms with Gasteiger partial charge in [0, 0.05) is 0 Å². The van der Waals surface area contributed by atoms with E-state index in [2.05, 4.69) is 92.6 Å². The largest absolute Gasteiger partial charge is 0.0984 e. The molecule has 0 unspecified atom stereocenters. The SMILES string of the molecule is C=Cc1c(/C=C\C)ccc2ccccc12.C=Cc1ccc2ccccc2c1C=C. The number of allylic oxidation sites excluding steroid dienone is 1. The Morgan fingerprint density at radius 2 is 1.03 bits per heavy atom. The Morgan fingerprint density at radius 3 is 1.52 bits per heavy atom. The van der Waals surface area contributed by atoms with E-state index < -0.39 is 0 Å². The van der Waals surface area contributed by atoms with E-state index in [4.69, 9.17) is 0 Å². The lowest BCUT2D eigenvalue weighted by Gasteiger charge is -2.06. The van der Waals surface area contributed by atoms with E-state index in [1.165, 1.54) is 32.7 Å². The van der Waals surface area contributed by atoms with Crippen LogP contribution < -0.4 is 0 Å². The van der Waals surface area contributed by atoms with Crippen LogP contribution in [-0.2, 0) is 0 Å². The summed E-state index contributed by atoms with van der Waals surface area (Å²) in [4.78, 5) is 0. The van der Waals surface area contributed by atoms with E-state index in [1.807, 2.05) is 37.3 Å². The predicted molar refractivity (Wildman–Crippen MR) is 133 cm³/mol. The molecule has 0 radical (unpaired) electrons. The summed E-state index contributed by atoms with van der Waals surface area (Å²) in [5.41, 5.74) is 4.74. The van der Waals surface area contributed by atoms with E-state index in [-0.39, 0.29) is 0 Å². The number of rotatable bonds is 4. The number of benzene rings is 4. The lowest BCUT2D eigenvalue weighted by atomic mass is 9.99. The smallest absolute Gasteiger partial charge is 0.0106 e. The summed E-state index contributed by atoms with van der Waals surface area (Å²) >= 11 is 0. The second-order valence-corrected chi connectivity index (χ2v) is 6.69. The van der Waals surface area contributed by atoms with Crippen LogP contribution in [0.2, 0.25) is 0 Å². The zero-order valence-corrected chi connectivity index (χ0v) is 16.9. The molecule has 0 N–H and O–H groups in total. The van der Waals surface area contributed by atoms with E-state index >= 15 is 0 Å². The topological polar surface area (TPSA) is 0 Å². The molecule has 0 nitrogen and oxygen atoms in total. The molecule has 0 spiro atoms. The van der Waals surface area contributed by atoms with Crippen molar-refractivity contribution in [3.8, 4) is 0 Å². The Kier molecular flexibility index (Phi) is 6.60. The average Bonchev–Trinajstić information content (AvgIpc) is 2.78. The van der Waals surface area contributed by atoms with E-state index in [1.54, 1.807) is 0 Å². The van der Waals surface area contributed by atoms with Crippen molar-refractivity contribution < 1.29 is 0 Å². The molecule has 0 heterocycles. The summed E-state index contributed by atoms with van der Waals surface area (Å²) in [5.74, 6) is 0. The molecule has 4 aromatic carbocycles. The van der Waals surface area contributed by atoms with Crippen LogP contribution in [0.15, 0.2) is 98.6 Å². The second-order valence-electron chi connectivity index (χ2n) is 6.69. The lowest BCUT2D eigenvalue weighted by molar-refractivity contribution is 1.65. The quantitative estimate of drug-likeness (QED) is 0.335. The third-order valence-electron chi connectivity index (χ3n) is 4.98. The van der Waals surface area contributed by atoms with Crippen LogP contribution in [0.1, 0.15) is 29.2 Å². The van der Waals surface area contributed by atoms with Gasteiger partial charge >= 0.3 is 0 Å². The molecule has 0 saturated heterocycles. The minimum Gasteiger partial charge on any atom is -0.0984 e. The predicted octanol–water partition coefficient (Wildman–Crippen LogP) is 8.64. The normalized spacial score (nSPS) is 10.5. The van der Waals surface area contributed by atoms with Gasteiger partial charge in [0.25, 0.3) is 0 Å². The van der Waals surface area contributed by atoms with Gasteiger partial charge in [0.1, 0.15) is 0 Å². The zero-order chi connectivity index (χ0) is 20.6. The average molecular weight is 375 g/mol. The zero-order valence-electron chi connectivity index (χ0n) is 16.9. The molecule has 0 aliphatic heterocycles. The van der Waals surface area contributed by atoms with Gasteiger partial charge in [-0.25, -0.2) is 0 Å². The van der Waals surface area contributed by atoms with Crippen molar-refractivity contribution in [1.82, 2.24) is 0 Å². The highest BCUT2D eigenvalue weighted by atomic mass is 14.1. The molecule has 0 aliphatic rings. The molecule has 0 fully saturated rings. The summed E-state index contributed by atoms with van der Waals surface area (Å²) in [6.07, 6.45) is 9.85. The molecule has 29 heavy (non-hydrogen) atoms. The molecule has 4 aromatic rings. The molecular weight excluding hydrogens is 348 g/mol. The molecule has 0 heteroatoms. The van der Waals surface area contributed by atoms with Crippen LogP contribution in [0.25, 0.3) is 45.8 Å². The maximum Gasteiger partial charge on any atom is -0.0106 e. The van der Waals surface area contributed by atoms with Crippen molar-refractivity contribution in [2.75, 3.05) is 0 Å². The Hall–Kier alpha value is -3.64. The summed E-state index contributed by atoms with van der Waals surface area (Å²) in [7, 11) is 0. The Bertz CT molecular complexity index is 1210. The first-order valence-electron chi connectivity index (χ1n) is 9.77. The minimum atomic E-state index is 1.14. The molecule has 0 amide bonds. The van der Waals surface area contributed by atoms with E-state index in [0.29, 0.717) is 0 Å². The fourth-order valence-corrected chi connectivity index (χ4v) is 3.58. The number of hydrogen-bond donors (Lipinski definition) is 0. The molecule has 4 rings (SSSR count). The Labute approximate surface area is 173 Å². The third kappa shape index (κ3) is 4.28. The Morgan fingerprint density at radius 1 is 0.552 bits per heavy atom. The first kappa shape index (κ1) is 20.1. The van der Waals surface area contributed by atoms with Gasteiger partial charge in [0.2, 0.25) is 0 Å². The summed E-state index contributed by atoms with van der Waals surface area (Å²) in [6, 6.07) is 25.2. The number of fused-ring (bicyclic) bond motifs is 2. The highest BCUT2D eigenvalue weighted by Crippen LogP contribution is 2.25. The van der Waals surface area contributed by atoms with Crippen molar-refractivity contribution in [2.24, 2.45) is 0 Å². The van der Waals surface area contributed by atoms with Crippen LogP contribution in [0, 0.1) is 0 Å². The van der Waals surface area contributed by atoms with Crippen molar-refractivity contribution in [1.29, 1.82) is 0 Å². The van der Waals surface area contributed by atoms with Crippen molar-refractivity contribution >= 4 is 45.8 Å². The van der Waals surface area contributed by atoms with Crippen LogP contribution in [0.5, 0.6) is 0 Å². The molecular formula is C29H26. The second kappa shape index (κ2) is 9.52. The maximum atomic E-state index is 3.89. The van der Waals surface area contributed by atoms with Crippen molar-refractivity contribution in [3.63, 3.8) is 0 Å². The van der Waals surface area contributed by atoms with Gasteiger partial charge in [-0.1, -0.05) is 123 Å². The first-order chi connectivity index (χ1) is 14.2. The fraction of sp³-hybridized carbons (Fsp3) is 0.0345. The number of hydrogen-bond acceptors (Lipinski definition) is 0. The standard InChI is InChI=1S/C15H14.C14H12/c1-3-7-12-10-11-13-8-5-6-9-15(13)14(12)4-2;1-3-11-9-10-12-7-5-6-8-14(12)13(11)4-2/h3-11H,2H2,1H3;3-10H,1-2H2/b7-3-;. The van der Waals surface area contributed by atoms with Crippen LogP contribution in [0.3, 0.4) is 0 Å². The summed E-state index contributed by atoms with van der Waals surface area (Å²) in [6.45, 7) is 13.6. The highest BCUT2D eigenvalue weighted by molar-refractivity contribution is 5.94. The molecule has 0 aromatic heterocycles. The van der Waals surface area contributed by atoms with Gasteiger partial charge in [0.05, 0.1) is 0 Å². The summed E-state index contributed by atoms with van der Waals surface area (Å²) in [5, 5.41) is 5.01. The molecule has 0 atom stereocenters. The van der Waals surface area contributed by atoms with Gasteiger partial charge in [0.15, 0.2) is 0 Å². The maximum absolute atomic E-state index is 3.89. The van der Waals surface area contributed by atoms with E-state index in [0.717, 1.165) is 11.1 Å². The monoisotopic (exact) mass is 374 g/mol. The Balaban J connectivity index is 0.000000166. The molecule has 142 valence electrons. The van der Waals surface area contributed by atoms with Gasteiger partial charge < -0.3 is 0 Å². The minimum absolute atomic E-state index is 1.14. The van der Waals surface area contributed by atoms with Gasteiger partial charge in [-0.3, -0.25) is 0 Å². The highest BCUT2D eigenvalue weighted by Gasteiger charge is 2.01. The molecule has 0 saturated carbocycles. The fourth-order valence-electron chi connectivity index (χ4n) is 3.58. The van der Waals surface area contributed by atoms with Crippen LogP contribution >= 0.6 is 0 Å². The van der Waals surface area contributed by atoms with E-state index in [9.17, 15) is 0 Å². The third-order valence-corrected chi connectivity index (χ3v) is 4.98. The van der Waals surface area contributed by atoms with Gasteiger partial charge in [-0.2, -0.15) is 0 Å². The van der Waals surface area contributed by atoms with Gasteiger partial charge in [-0.05, 0) is 50.7 Å². The van der Waals surface area contributed by atoms with Crippen LogP contribution in [0.4, 0.5) is 0 Å².